The Kier molecular flexibility index (Phi) is 7.37. The van der Waals surface area contributed by atoms with E-state index in [9.17, 15) is 9.59 Å². The molecule has 0 saturated heterocycles. The highest BCUT2D eigenvalue weighted by molar-refractivity contribution is 7.99. The highest BCUT2D eigenvalue weighted by atomic mass is 32.2. The zero-order valence-electron chi connectivity index (χ0n) is 21.4. The lowest BCUT2D eigenvalue weighted by Gasteiger charge is -2.14. The SMILES string of the molecule is COc1ccc(CCNC(=O)CSc2nc3c([nH]c4ccccc43)c(=O)n2-c2ccccc2C)cc1OC. The van der Waals surface area contributed by atoms with Gasteiger partial charge < -0.3 is 19.8 Å². The van der Waals surface area contributed by atoms with E-state index in [1.807, 2.05) is 73.7 Å². The molecule has 2 heterocycles. The van der Waals surface area contributed by atoms with Crippen molar-refractivity contribution >= 4 is 39.6 Å². The van der Waals surface area contributed by atoms with E-state index in [1.165, 1.54) is 11.8 Å². The van der Waals surface area contributed by atoms with Gasteiger partial charge in [-0.1, -0.05) is 54.2 Å². The maximum Gasteiger partial charge on any atom is 0.283 e. The zero-order valence-corrected chi connectivity index (χ0v) is 22.2. The number of nitrogens with zero attached hydrogens (tertiary/aromatic N) is 2. The summed E-state index contributed by atoms with van der Waals surface area (Å²) in [6.45, 7) is 2.42. The third-order valence-corrected chi connectivity index (χ3v) is 7.31. The minimum atomic E-state index is -0.197. The minimum absolute atomic E-state index is 0.123. The number of carbonyl (C=O) groups excluding carboxylic acids is 1. The van der Waals surface area contributed by atoms with Crippen molar-refractivity contribution in [3.8, 4) is 17.2 Å². The molecule has 0 atom stereocenters. The number of carbonyl (C=O) groups is 1. The van der Waals surface area contributed by atoms with Crippen LogP contribution in [0.4, 0.5) is 0 Å². The maximum absolute atomic E-state index is 13.7. The molecule has 0 aliphatic heterocycles. The van der Waals surface area contributed by atoms with Gasteiger partial charge in [0.1, 0.15) is 11.0 Å². The van der Waals surface area contributed by atoms with Gasteiger partial charge in [-0.05, 0) is 48.7 Å². The number of amides is 1. The van der Waals surface area contributed by atoms with Gasteiger partial charge in [0.15, 0.2) is 16.7 Å². The molecule has 5 rings (SSSR count). The quantitative estimate of drug-likeness (QED) is 0.214. The fourth-order valence-electron chi connectivity index (χ4n) is 4.43. The molecule has 0 aliphatic carbocycles. The van der Waals surface area contributed by atoms with Crippen molar-refractivity contribution in [2.75, 3.05) is 26.5 Å². The molecular formula is C29H28N4O4S. The highest BCUT2D eigenvalue weighted by Gasteiger charge is 2.19. The highest BCUT2D eigenvalue weighted by Crippen LogP contribution is 2.28. The molecule has 194 valence electrons. The summed E-state index contributed by atoms with van der Waals surface area (Å²) in [5, 5.41) is 4.30. The van der Waals surface area contributed by atoms with Crippen molar-refractivity contribution in [2.24, 2.45) is 0 Å². The van der Waals surface area contributed by atoms with Crippen LogP contribution in [-0.2, 0) is 11.2 Å². The van der Waals surface area contributed by atoms with Crippen LogP contribution in [0.3, 0.4) is 0 Å². The van der Waals surface area contributed by atoms with E-state index in [2.05, 4.69) is 10.3 Å². The standard InChI is InChI=1S/C29H28N4O4S/c1-18-8-4-7-11-22(18)33-28(35)27-26(20-9-5-6-10-21(20)31-27)32-29(33)38-17-25(34)30-15-14-19-12-13-23(36-2)24(16-19)37-3/h4-13,16,31H,14-15,17H2,1-3H3,(H,30,34). The lowest BCUT2D eigenvalue weighted by Crippen LogP contribution is -2.28. The summed E-state index contributed by atoms with van der Waals surface area (Å²) >= 11 is 1.25. The molecule has 2 N–H and O–H groups in total. The van der Waals surface area contributed by atoms with Gasteiger partial charge in [-0.3, -0.25) is 14.2 Å². The summed E-state index contributed by atoms with van der Waals surface area (Å²) < 4.78 is 12.2. The average Bonchev–Trinajstić information content (AvgIpc) is 3.31. The van der Waals surface area contributed by atoms with Crippen LogP contribution in [0.2, 0.25) is 0 Å². The van der Waals surface area contributed by atoms with Crippen LogP contribution in [0.5, 0.6) is 11.5 Å². The molecule has 0 radical (unpaired) electrons. The predicted octanol–water partition coefficient (Wildman–Crippen LogP) is 4.64. The van der Waals surface area contributed by atoms with Crippen LogP contribution in [0.1, 0.15) is 11.1 Å². The number of fused-ring (bicyclic) bond motifs is 3. The van der Waals surface area contributed by atoms with Crippen molar-refractivity contribution in [3.05, 3.63) is 88.2 Å². The zero-order chi connectivity index (χ0) is 26.6. The second-order valence-corrected chi connectivity index (χ2v) is 9.74. The number of aromatic nitrogens is 3. The second-order valence-electron chi connectivity index (χ2n) is 8.79. The fourth-order valence-corrected chi connectivity index (χ4v) is 5.26. The molecule has 8 nitrogen and oxygen atoms in total. The first-order valence-corrected chi connectivity index (χ1v) is 13.2. The molecule has 38 heavy (non-hydrogen) atoms. The molecule has 0 spiro atoms. The molecule has 1 amide bonds. The average molecular weight is 529 g/mol. The number of hydrogen-bond acceptors (Lipinski definition) is 6. The van der Waals surface area contributed by atoms with Crippen LogP contribution in [-0.4, -0.2) is 47.0 Å². The Labute approximate surface area is 224 Å². The number of nitrogens with one attached hydrogen (secondary N) is 2. The van der Waals surface area contributed by atoms with Crippen LogP contribution in [0, 0.1) is 6.92 Å². The molecular weight excluding hydrogens is 500 g/mol. The Bertz CT molecular complexity index is 1690. The monoisotopic (exact) mass is 528 g/mol. The van der Waals surface area contributed by atoms with Crippen molar-refractivity contribution in [1.82, 2.24) is 19.9 Å². The van der Waals surface area contributed by atoms with Gasteiger partial charge >= 0.3 is 0 Å². The van der Waals surface area contributed by atoms with Gasteiger partial charge in [-0.2, -0.15) is 0 Å². The number of aryl methyl sites for hydroxylation is 1. The maximum atomic E-state index is 13.7. The summed E-state index contributed by atoms with van der Waals surface area (Å²) in [5.74, 6) is 1.30. The van der Waals surface area contributed by atoms with E-state index in [0.717, 1.165) is 27.7 Å². The van der Waals surface area contributed by atoms with E-state index in [-0.39, 0.29) is 17.2 Å². The van der Waals surface area contributed by atoms with Crippen LogP contribution in [0.25, 0.3) is 27.6 Å². The Balaban J connectivity index is 1.37. The molecule has 2 aromatic heterocycles. The molecule has 3 aromatic carbocycles. The number of H-pyrrole nitrogens is 1. The van der Waals surface area contributed by atoms with E-state index < -0.39 is 0 Å². The van der Waals surface area contributed by atoms with Gasteiger partial charge in [-0.15, -0.1) is 0 Å². The van der Waals surface area contributed by atoms with Crippen LogP contribution < -0.4 is 20.3 Å². The minimum Gasteiger partial charge on any atom is -0.493 e. The smallest absolute Gasteiger partial charge is 0.283 e. The number of para-hydroxylation sites is 2. The number of rotatable bonds is 9. The van der Waals surface area contributed by atoms with Crippen LogP contribution in [0.15, 0.2) is 76.7 Å². The Morgan fingerprint density at radius 2 is 1.79 bits per heavy atom. The van der Waals surface area contributed by atoms with Gasteiger partial charge in [0.25, 0.3) is 5.56 Å². The molecule has 0 saturated carbocycles. The third kappa shape index (κ3) is 4.97. The predicted molar refractivity (Wildman–Crippen MR) is 151 cm³/mol. The van der Waals surface area contributed by atoms with Gasteiger partial charge in [0.2, 0.25) is 5.91 Å². The number of hydrogen-bond donors (Lipinski definition) is 2. The van der Waals surface area contributed by atoms with Gasteiger partial charge in [0, 0.05) is 17.4 Å². The molecule has 0 bridgehead atoms. The third-order valence-electron chi connectivity index (χ3n) is 6.37. The van der Waals surface area contributed by atoms with Gasteiger partial charge in [-0.25, -0.2) is 4.98 Å². The van der Waals surface area contributed by atoms with Crippen molar-refractivity contribution < 1.29 is 14.3 Å². The first-order chi connectivity index (χ1) is 18.5. The lowest BCUT2D eigenvalue weighted by atomic mass is 10.1. The van der Waals surface area contributed by atoms with Crippen molar-refractivity contribution in [3.63, 3.8) is 0 Å². The number of benzene rings is 3. The first-order valence-electron chi connectivity index (χ1n) is 12.2. The number of methoxy groups -OCH3 is 2. The van der Waals surface area contributed by atoms with E-state index in [4.69, 9.17) is 14.5 Å². The largest absolute Gasteiger partial charge is 0.493 e. The molecule has 0 unspecified atom stereocenters. The van der Waals surface area contributed by atoms with Gasteiger partial charge in [0.05, 0.1) is 25.7 Å². The lowest BCUT2D eigenvalue weighted by molar-refractivity contribution is -0.118. The fraction of sp³-hybridized carbons (Fsp3) is 0.207. The Morgan fingerprint density at radius 1 is 1.03 bits per heavy atom. The summed E-state index contributed by atoms with van der Waals surface area (Å²) in [4.78, 5) is 34.6. The van der Waals surface area contributed by atoms with Crippen molar-refractivity contribution in [1.29, 1.82) is 0 Å². The Hall–Kier alpha value is -4.24. The van der Waals surface area contributed by atoms with Crippen LogP contribution >= 0.6 is 11.8 Å². The van der Waals surface area contributed by atoms with Crippen molar-refractivity contribution in [2.45, 2.75) is 18.5 Å². The number of thioether (sulfide) groups is 1. The normalized spacial score (nSPS) is 11.1. The molecule has 0 fully saturated rings. The topological polar surface area (TPSA) is 98.2 Å². The Morgan fingerprint density at radius 3 is 2.58 bits per heavy atom. The second kappa shape index (κ2) is 11.0. The summed E-state index contributed by atoms with van der Waals surface area (Å²) in [7, 11) is 3.19. The van der Waals surface area contributed by atoms with E-state index in [0.29, 0.717) is 40.7 Å². The summed E-state index contributed by atoms with van der Waals surface area (Å²) in [5.41, 5.74) is 4.39. The number of aromatic amines is 1. The number of ether oxygens (including phenoxy) is 2. The van der Waals surface area contributed by atoms with E-state index >= 15 is 0 Å². The summed E-state index contributed by atoms with van der Waals surface area (Å²) in [6, 6.07) is 21.1. The molecule has 5 aromatic rings. The molecule has 9 heteroatoms. The first kappa shape index (κ1) is 25.4. The van der Waals surface area contributed by atoms with E-state index in [1.54, 1.807) is 18.8 Å². The summed E-state index contributed by atoms with van der Waals surface area (Å²) in [6.07, 6.45) is 0.643. The molecule has 0 aliphatic rings.